The number of aromatic nitrogens is 1. The first-order valence-electron chi connectivity index (χ1n) is 12.6. The molecule has 1 N–H and O–H groups in total. The summed E-state index contributed by atoms with van der Waals surface area (Å²) >= 11 is 1.59. The fraction of sp³-hybridized carbons (Fsp3) is 0.500. The summed E-state index contributed by atoms with van der Waals surface area (Å²) in [7, 11) is 1.74. The summed E-state index contributed by atoms with van der Waals surface area (Å²) in [5, 5.41) is 4.53. The van der Waals surface area contributed by atoms with Gasteiger partial charge in [0.05, 0.1) is 12.2 Å². The summed E-state index contributed by atoms with van der Waals surface area (Å²) in [4.78, 5) is 22.5. The highest BCUT2D eigenvalue weighted by atomic mass is 32.2. The molecule has 1 atom stereocenters. The van der Waals surface area contributed by atoms with E-state index in [1.165, 1.54) is 4.90 Å². The fourth-order valence-corrected chi connectivity index (χ4v) is 5.01. The van der Waals surface area contributed by atoms with Crippen LogP contribution in [0.1, 0.15) is 32.4 Å². The van der Waals surface area contributed by atoms with Gasteiger partial charge in [-0.3, -0.25) is 9.69 Å². The molecule has 1 aromatic rings. The quantitative estimate of drug-likeness (QED) is 0.353. The standard InChI is InChI=1S/C26H36F3N5OS.C2H4/c1-18-6-11-24(35)32(4)23(34-14-12-33(13-15-34)17-26(27,28)29)10-8-21(16-18)20(3)31-22-9-7-19(2)30-25(22)36-5;1-2/h6-7,9-10,16,20,31H,8,11-15,17H2,1-5H3;1-2H2/b18-6-,21-16+,23-10+;/t20-;/m1./s1. The second-order valence-electron chi connectivity index (χ2n) is 9.34. The summed E-state index contributed by atoms with van der Waals surface area (Å²) in [6.07, 6.45) is 4.73. The number of nitrogens with zero attached hydrogens (tertiary/aromatic N) is 4. The third-order valence-corrected chi connectivity index (χ3v) is 7.17. The van der Waals surface area contributed by atoms with Crippen LogP contribution in [-0.2, 0) is 4.79 Å². The normalized spacial score (nSPS) is 22.6. The molecule has 0 radical (unpaired) electrons. The van der Waals surface area contributed by atoms with Gasteiger partial charge in [-0.2, -0.15) is 13.2 Å². The van der Waals surface area contributed by atoms with Gasteiger partial charge in [-0.15, -0.1) is 24.9 Å². The van der Waals surface area contributed by atoms with Crippen LogP contribution < -0.4 is 5.32 Å². The number of carbonyl (C=O) groups excluding carboxylic acids is 1. The molecule has 210 valence electrons. The van der Waals surface area contributed by atoms with Crippen molar-refractivity contribution in [1.29, 1.82) is 0 Å². The lowest BCUT2D eigenvalue weighted by Crippen LogP contribution is -2.51. The van der Waals surface area contributed by atoms with Crippen LogP contribution >= 0.6 is 11.8 Å². The van der Waals surface area contributed by atoms with Crippen molar-refractivity contribution < 1.29 is 18.0 Å². The highest BCUT2D eigenvalue weighted by molar-refractivity contribution is 7.98. The molecule has 0 bridgehead atoms. The molecular weight excluding hydrogens is 511 g/mol. The van der Waals surface area contributed by atoms with Gasteiger partial charge in [0, 0.05) is 51.4 Å². The fourth-order valence-electron chi connectivity index (χ4n) is 4.43. The molecule has 1 aromatic heterocycles. The molecule has 0 spiro atoms. The van der Waals surface area contributed by atoms with E-state index >= 15 is 0 Å². The Labute approximate surface area is 229 Å². The zero-order chi connectivity index (χ0) is 28.5. The Morgan fingerprint density at radius 1 is 1.11 bits per heavy atom. The van der Waals surface area contributed by atoms with Gasteiger partial charge < -0.3 is 15.1 Å². The number of amides is 1. The summed E-state index contributed by atoms with van der Waals surface area (Å²) < 4.78 is 38.5. The van der Waals surface area contributed by atoms with Crippen LogP contribution in [-0.4, -0.2) is 83.8 Å². The van der Waals surface area contributed by atoms with E-state index in [0.717, 1.165) is 33.4 Å². The number of pyridine rings is 1. The molecule has 0 unspecified atom stereocenters. The van der Waals surface area contributed by atoms with Gasteiger partial charge in [-0.1, -0.05) is 17.7 Å². The molecule has 0 aliphatic carbocycles. The maximum absolute atomic E-state index is 12.8. The van der Waals surface area contributed by atoms with Crippen LogP contribution in [0, 0.1) is 6.92 Å². The van der Waals surface area contributed by atoms with Gasteiger partial charge in [0.15, 0.2) is 0 Å². The number of carbonyl (C=O) groups is 1. The maximum Gasteiger partial charge on any atom is 0.401 e. The van der Waals surface area contributed by atoms with Crippen molar-refractivity contribution in [2.24, 2.45) is 0 Å². The molecule has 1 saturated heterocycles. The van der Waals surface area contributed by atoms with E-state index < -0.39 is 12.7 Å². The molecule has 10 heteroatoms. The Morgan fingerprint density at radius 3 is 2.37 bits per heavy atom. The Morgan fingerprint density at radius 2 is 1.76 bits per heavy atom. The predicted octanol–water partition coefficient (Wildman–Crippen LogP) is 5.86. The SMILES string of the molecule is C=C.CSc1nc(C)ccc1N[C@H](C)/C1=C/C(C)=C\CC(=O)N(C)/C(N2CCN(CC(F)(F)F)CC2)=C\C1. The zero-order valence-electron chi connectivity index (χ0n) is 23.1. The minimum absolute atomic E-state index is 0.00493. The smallest absolute Gasteiger partial charge is 0.377 e. The lowest BCUT2D eigenvalue weighted by molar-refractivity contribution is -0.149. The van der Waals surface area contributed by atoms with Crippen molar-refractivity contribution in [2.45, 2.75) is 50.9 Å². The Kier molecular flexibility index (Phi) is 12.0. The summed E-state index contributed by atoms with van der Waals surface area (Å²) in [6, 6.07) is 4.03. The molecule has 2 aliphatic rings. The van der Waals surface area contributed by atoms with Crippen molar-refractivity contribution in [3.05, 3.63) is 66.2 Å². The van der Waals surface area contributed by atoms with E-state index in [2.05, 4.69) is 36.5 Å². The highest BCUT2D eigenvalue weighted by Gasteiger charge is 2.33. The average Bonchev–Trinajstić information content (AvgIpc) is 2.88. The number of allylic oxidation sites excluding steroid dienone is 3. The number of alkyl halides is 3. The third-order valence-electron chi connectivity index (χ3n) is 6.47. The van der Waals surface area contributed by atoms with E-state index in [1.807, 2.05) is 49.3 Å². The molecule has 1 fully saturated rings. The third kappa shape index (κ3) is 9.23. The Balaban J connectivity index is 0.00000247. The Bertz CT molecular complexity index is 1050. The molecule has 38 heavy (non-hydrogen) atoms. The van der Waals surface area contributed by atoms with Crippen LogP contribution in [0.4, 0.5) is 18.9 Å². The molecule has 3 heterocycles. The van der Waals surface area contributed by atoms with Crippen molar-refractivity contribution in [2.75, 3.05) is 51.3 Å². The second kappa shape index (κ2) is 14.4. The predicted molar refractivity (Wildman–Crippen MR) is 151 cm³/mol. The average molecular weight is 552 g/mol. The lowest BCUT2D eigenvalue weighted by Gasteiger charge is -2.40. The number of thioether (sulfide) groups is 1. The molecule has 0 saturated carbocycles. The first-order valence-corrected chi connectivity index (χ1v) is 13.9. The molecule has 0 aromatic carbocycles. The van der Waals surface area contributed by atoms with Gasteiger partial charge in [-0.05, 0) is 57.2 Å². The van der Waals surface area contributed by atoms with E-state index in [1.54, 1.807) is 23.7 Å². The number of aryl methyl sites for hydroxylation is 1. The second-order valence-corrected chi connectivity index (χ2v) is 10.1. The maximum atomic E-state index is 12.8. The van der Waals surface area contributed by atoms with Gasteiger partial charge >= 0.3 is 6.18 Å². The number of piperazine rings is 1. The monoisotopic (exact) mass is 551 g/mol. The minimum Gasteiger partial charge on any atom is -0.377 e. The van der Waals surface area contributed by atoms with Gasteiger partial charge in [0.25, 0.3) is 0 Å². The van der Waals surface area contributed by atoms with Crippen molar-refractivity contribution in [3.8, 4) is 0 Å². The van der Waals surface area contributed by atoms with E-state index in [-0.39, 0.29) is 18.4 Å². The van der Waals surface area contributed by atoms with E-state index in [9.17, 15) is 18.0 Å². The first-order chi connectivity index (χ1) is 18.0. The minimum atomic E-state index is -4.21. The summed E-state index contributed by atoms with van der Waals surface area (Å²) in [6.45, 7) is 12.6. The summed E-state index contributed by atoms with van der Waals surface area (Å²) in [5.74, 6) is 0.705. The van der Waals surface area contributed by atoms with Crippen LogP contribution in [0.25, 0.3) is 0 Å². The van der Waals surface area contributed by atoms with Crippen LogP contribution in [0.3, 0.4) is 0 Å². The summed E-state index contributed by atoms with van der Waals surface area (Å²) in [5.41, 5.74) is 4.10. The van der Waals surface area contributed by atoms with Crippen molar-refractivity contribution in [3.63, 3.8) is 0 Å². The van der Waals surface area contributed by atoms with Crippen LogP contribution in [0.15, 0.2) is 65.5 Å². The molecular formula is C28H40F3N5OS. The highest BCUT2D eigenvalue weighted by Crippen LogP contribution is 2.27. The number of anilines is 1. The van der Waals surface area contributed by atoms with Gasteiger partial charge in [0.1, 0.15) is 10.8 Å². The van der Waals surface area contributed by atoms with Gasteiger partial charge in [-0.25, -0.2) is 4.98 Å². The number of rotatable bonds is 6. The van der Waals surface area contributed by atoms with E-state index in [0.29, 0.717) is 32.6 Å². The lowest BCUT2D eigenvalue weighted by atomic mass is 10.00. The van der Waals surface area contributed by atoms with Gasteiger partial charge in [0.2, 0.25) is 5.91 Å². The zero-order valence-corrected chi connectivity index (χ0v) is 23.9. The number of halogens is 3. The van der Waals surface area contributed by atoms with Crippen molar-refractivity contribution >= 4 is 23.4 Å². The number of nitrogens with one attached hydrogen (secondary N) is 1. The first kappa shape index (κ1) is 31.5. The molecule has 3 rings (SSSR count). The topological polar surface area (TPSA) is 51.7 Å². The van der Waals surface area contributed by atoms with Crippen LogP contribution in [0.5, 0.6) is 0 Å². The number of hydrogen-bond donors (Lipinski definition) is 1. The molecule has 2 aliphatic heterocycles. The molecule has 6 nitrogen and oxygen atoms in total. The van der Waals surface area contributed by atoms with Crippen molar-refractivity contribution in [1.82, 2.24) is 19.7 Å². The molecule has 1 amide bonds. The largest absolute Gasteiger partial charge is 0.401 e. The Hall–Kier alpha value is -2.72. The van der Waals surface area contributed by atoms with Crippen LogP contribution in [0.2, 0.25) is 0 Å². The number of hydrogen-bond acceptors (Lipinski definition) is 6. The van der Waals surface area contributed by atoms with E-state index in [4.69, 9.17) is 0 Å².